The second-order valence-corrected chi connectivity index (χ2v) is 5.42. The van der Waals surface area contributed by atoms with Gasteiger partial charge in [-0.3, -0.25) is 4.79 Å². The lowest BCUT2D eigenvalue weighted by atomic mass is 10.1. The summed E-state index contributed by atoms with van der Waals surface area (Å²) >= 11 is 0. The first-order valence-corrected chi connectivity index (χ1v) is 7.01. The Morgan fingerprint density at radius 2 is 2.14 bits per heavy atom. The van der Waals surface area contributed by atoms with Crippen molar-refractivity contribution in [2.45, 2.75) is 33.7 Å². The van der Waals surface area contributed by atoms with Crippen LogP contribution in [0.25, 0.3) is 11.9 Å². The molecular formula is C16H19N5O. The van der Waals surface area contributed by atoms with E-state index >= 15 is 0 Å². The number of nitriles is 1. The Bertz CT molecular complexity index is 786. The Morgan fingerprint density at radius 3 is 2.68 bits per heavy atom. The van der Waals surface area contributed by atoms with Gasteiger partial charge < -0.3 is 10.3 Å². The van der Waals surface area contributed by atoms with Crippen molar-refractivity contribution in [3.63, 3.8) is 0 Å². The summed E-state index contributed by atoms with van der Waals surface area (Å²) in [7, 11) is 0. The zero-order valence-corrected chi connectivity index (χ0v) is 13.2. The number of hydrogen-bond donors (Lipinski definition) is 1. The molecule has 2 N–H and O–H groups in total. The van der Waals surface area contributed by atoms with Crippen LogP contribution in [0.5, 0.6) is 0 Å². The fourth-order valence-corrected chi connectivity index (χ4v) is 2.48. The molecule has 0 radical (unpaired) electrons. The number of nitrogens with two attached hydrogens (primary N) is 1. The van der Waals surface area contributed by atoms with E-state index in [0.29, 0.717) is 0 Å². The molecule has 0 aliphatic heterocycles. The van der Waals surface area contributed by atoms with E-state index in [1.165, 1.54) is 6.08 Å². The minimum absolute atomic E-state index is 0.0578. The van der Waals surface area contributed by atoms with E-state index in [1.54, 1.807) is 6.20 Å². The van der Waals surface area contributed by atoms with Gasteiger partial charge in [-0.15, -0.1) is 0 Å². The van der Waals surface area contributed by atoms with Gasteiger partial charge in [0.2, 0.25) is 0 Å². The molecule has 0 aromatic carbocycles. The molecule has 0 aliphatic carbocycles. The van der Waals surface area contributed by atoms with Crippen LogP contribution in [0.4, 0.5) is 0 Å². The highest BCUT2D eigenvalue weighted by atomic mass is 16.1. The standard InChI is InChI=1S/C16H19N5O/c1-10(2)21-15(5-6-19-21)20-11(3)7-13(12(20)4)8-14(9-17)16(18)22/h5-8,10H,1-4H3,(H2,18,22)/b14-8-. The summed E-state index contributed by atoms with van der Waals surface area (Å²) in [5.41, 5.74) is 7.85. The largest absolute Gasteiger partial charge is 0.365 e. The molecule has 2 rings (SSSR count). The highest BCUT2D eigenvalue weighted by Gasteiger charge is 2.15. The molecule has 2 heterocycles. The molecule has 6 nitrogen and oxygen atoms in total. The molecule has 0 unspecified atom stereocenters. The molecule has 0 fully saturated rings. The van der Waals surface area contributed by atoms with Gasteiger partial charge in [0.25, 0.3) is 5.91 Å². The zero-order chi connectivity index (χ0) is 16.4. The Labute approximate surface area is 129 Å². The number of primary amides is 1. The Hall–Kier alpha value is -2.81. The number of hydrogen-bond acceptors (Lipinski definition) is 3. The molecule has 2 aromatic heterocycles. The Morgan fingerprint density at radius 1 is 1.45 bits per heavy atom. The summed E-state index contributed by atoms with van der Waals surface area (Å²) in [5, 5.41) is 13.3. The van der Waals surface area contributed by atoms with Crippen LogP contribution in [-0.2, 0) is 4.79 Å². The van der Waals surface area contributed by atoms with Crippen molar-refractivity contribution in [3.8, 4) is 11.9 Å². The second kappa shape index (κ2) is 5.90. The minimum Gasteiger partial charge on any atom is -0.365 e. The van der Waals surface area contributed by atoms with Gasteiger partial charge in [-0.05, 0) is 45.4 Å². The number of rotatable bonds is 4. The van der Waals surface area contributed by atoms with Crippen molar-refractivity contribution in [2.24, 2.45) is 5.73 Å². The molecule has 22 heavy (non-hydrogen) atoms. The SMILES string of the molecule is Cc1cc(/C=C(/C#N)C(N)=O)c(C)n1-c1ccnn1C(C)C. The monoisotopic (exact) mass is 297 g/mol. The molecule has 0 saturated heterocycles. The zero-order valence-electron chi connectivity index (χ0n) is 13.2. The van der Waals surface area contributed by atoms with Crippen molar-refractivity contribution in [2.75, 3.05) is 0 Å². The van der Waals surface area contributed by atoms with Crippen molar-refractivity contribution in [1.82, 2.24) is 14.3 Å². The number of carbonyl (C=O) groups is 1. The average Bonchev–Trinajstić information content (AvgIpc) is 3.01. The number of carbonyl (C=O) groups excluding carboxylic acids is 1. The summed E-state index contributed by atoms with van der Waals surface area (Å²) in [6.07, 6.45) is 3.28. The fraction of sp³-hybridized carbons (Fsp3) is 0.312. The van der Waals surface area contributed by atoms with Gasteiger partial charge in [-0.25, -0.2) is 4.68 Å². The van der Waals surface area contributed by atoms with E-state index in [9.17, 15) is 4.79 Å². The molecule has 114 valence electrons. The minimum atomic E-state index is -0.723. The second-order valence-electron chi connectivity index (χ2n) is 5.42. The van der Waals surface area contributed by atoms with Crippen LogP contribution in [0.15, 0.2) is 23.9 Å². The lowest BCUT2D eigenvalue weighted by Crippen LogP contribution is -2.12. The smallest absolute Gasteiger partial charge is 0.259 e. The molecule has 0 aliphatic rings. The van der Waals surface area contributed by atoms with Gasteiger partial charge in [-0.2, -0.15) is 10.4 Å². The number of aryl methyl sites for hydroxylation is 1. The molecular weight excluding hydrogens is 278 g/mol. The van der Waals surface area contributed by atoms with Gasteiger partial charge in [0, 0.05) is 23.5 Å². The average molecular weight is 297 g/mol. The van der Waals surface area contributed by atoms with Crippen LogP contribution < -0.4 is 5.73 Å². The summed E-state index contributed by atoms with van der Waals surface area (Å²) in [4.78, 5) is 11.2. The summed E-state index contributed by atoms with van der Waals surface area (Å²) < 4.78 is 3.97. The van der Waals surface area contributed by atoms with E-state index in [1.807, 2.05) is 36.7 Å². The highest BCUT2D eigenvalue weighted by molar-refractivity contribution is 6.00. The third kappa shape index (κ3) is 2.66. The maximum absolute atomic E-state index is 11.2. The molecule has 6 heteroatoms. The van der Waals surface area contributed by atoms with Gasteiger partial charge in [0.1, 0.15) is 17.5 Å². The van der Waals surface area contributed by atoms with Crippen molar-refractivity contribution < 1.29 is 4.79 Å². The van der Waals surface area contributed by atoms with Crippen LogP contribution in [-0.4, -0.2) is 20.3 Å². The molecule has 0 bridgehead atoms. The van der Waals surface area contributed by atoms with Crippen LogP contribution in [0.2, 0.25) is 0 Å². The topological polar surface area (TPSA) is 89.6 Å². The van der Waals surface area contributed by atoms with Crippen molar-refractivity contribution in [3.05, 3.63) is 40.9 Å². The van der Waals surface area contributed by atoms with Gasteiger partial charge >= 0.3 is 0 Å². The first-order chi connectivity index (χ1) is 10.4. The highest BCUT2D eigenvalue weighted by Crippen LogP contribution is 2.24. The maximum atomic E-state index is 11.2. The van der Waals surface area contributed by atoms with E-state index in [-0.39, 0.29) is 11.6 Å². The van der Waals surface area contributed by atoms with Crippen LogP contribution in [0, 0.1) is 25.2 Å². The Kier molecular flexibility index (Phi) is 4.18. The van der Waals surface area contributed by atoms with Gasteiger partial charge in [-0.1, -0.05) is 0 Å². The number of amides is 1. The fourth-order valence-electron chi connectivity index (χ4n) is 2.48. The normalized spacial score (nSPS) is 11.7. The first-order valence-electron chi connectivity index (χ1n) is 7.01. The van der Waals surface area contributed by atoms with E-state index in [0.717, 1.165) is 22.8 Å². The lowest BCUT2D eigenvalue weighted by molar-refractivity contribution is -0.114. The van der Waals surface area contributed by atoms with Gasteiger partial charge in [0.15, 0.2) is 0 Å². The Balaban J connectivity index is 2.60. The van der Waals surface area contributed by atoms with Gasteiger partial charge in [0.05, 0.1) is 6.20 Å². The van der Waals surface area contributed by atoms with E-state index < -0.39 is 5.91 Å². The molecule has 1 amide bonds. The quantitative estimate of drug-likeness (QED) is 0.693. The van der Waals surface area contributed by atoms with Crippen molar-refractivity contribution in [1.29, 1.82) is 5.26 Å². The molecule has 0 spiro atoms. The molecule has 0 saturated carbocycles. The van der Waals surface area contributed by atoms with Crippen LogP contribution in [0.1, 0.15) is 36.8 Å². The summed E-state index contributed by atoms with van der Waals surface area (Å²) in [6, 6.07) is 5.92. The van der Waals surface area contributed by atoms with E-state index in [2.05, 4.69) is 23.5 Å². The third-order valence-electron chi connectivity index (χ3n) is 3.52. The van der Waals surface area contributed by atoms with Crippen molar-refractivity contribution >= 4 is 12.0 Å². The predicted molar refractivity (Wildman–Crippen MR) is 84.2 cm³/mol. The number of nitrogens with zero attached hydrogens (tertiary/aromatic N) is 4. The molecule has 0 atom stereocenters. The first kappa shape index (κ1) is 15.6. The maximum Gasteiger partial charge on any atom is 0.259 e. The van der Waals surface area contributed by atoms with Crippen LogP contribution >= 0.6 is 0 Å². The third-order valence-corrected chi connectivity index (χ3v) is 3.52. The number of aromatic nitrogens is 3. The summed E-state index contributed by atoms with van der Waals surface area (Å²) in [6.45, 7) is 8.03. The van der Waals surface area contributed by atoms with Crippen LogP contribution in [0.3, 0.4) is 0 Å². The van der Waals surface area contributed by atoms with E-state index in [4.69, 9.17) is 11.0 Å². The predicted octanol–water partition coefficient (Wildman–Crippen LogP) is 2.26. The summed E-state index contributed by atoms with van der Waals surface area (Å²) in [5.74, 6) is 0.224. The lowest BCUT2D eigenvalue weighted by Gasteiger charge is -2.15. The molecule has 2 aromatic rings.